The zero-order valence-corrected chi connectivity index (χ0v) is 16.9. The second kappa shape index (κ2) is 7.37. The highest BCUT2D eigenvalue weighted by molar-refractivity contribution is 7.89. The zero-order chi connectivity index (χ0) is 19.0. The van der Waals surface area contributed by atoms with Crippen molar-refractivity contribution < 1.29 is 13.2 Å². The molecule has 0 unspecified atom stereocenters. The average molecular weight is 405 g/mol. The topological polar surface area (TPSA) is 75.3 Å². The fourth-order valence-corrected chi connectivity index (χ4v) is 6.54. The normalized spacial score (nSPS) is 25.4. The van der Waals surface area contributed by atoms with Crippen LogP contribution in [0.15, 0.2) is 46.7 Å². The molecule has 1 amide bonds. The predicted octanol–water partition coefficient (Wildman–Crippen LogP) is 4.10. The Morgan fingerprint density at radius 3 is 2.52 bits per heavy atom. The summed E-state index contributed by atoms with van der Waals surface area (Å²) in [5.41, 5.74) is 0.577. The van der Waals surface area contributed by atoms with E-state index in [2.05, 4.69) is 10.0 Å². The van der Waals surface area contributed by atoms with Gasteiger partial charge in [0, 0.05) is 11.7 Å². The SMILES string of the molecule is C[C@H](NS(=O)(=O)c1ccc(NC(=O)c2cccs2)cc1)[C@@H]1C[C@@H]2CC[C@@H]1C2. The van der Waals surface area contributed by atoms with Gasteiger partial charge in [-0.15, -0.1) is 11.3 Å². The summed E-state index contributed by atoms with van der Waals surface area (Å²) in [5, 5.41) is 4.62. The number of rotatable bonds is 6. The Hall–Kier alpha value is -1.70. The van der Waals surface area contributed by atoms with Crippen LogP contribution >= 0.6 is 11.3 Å². The molecule has 0 aliphatic heterocycles. The van der Waals surface area contributed by atoms with Crippen molar-refractivity contribution in [1.82, 2.24) is 4.72 Å². The van der Waals surface area contributed by atoms with Crippen LogP contribution in [0.2, 0.25) is 0 Å². The minimum absolute atomic E-state index is 0.0523. The highest BCUT2D eigenvalue weighted by Gasteiger charge is 2.42. The van der Waals surface area contributed by atoms with Gasteiger partial charge >= 0.3 is 0 Å². The Bertz CT molecular complexity index is 907. The summed E-state index contributed by atoms with van der Waals surface area (Å²) in [5.74, 6) is 1.72. The number of hydrogen-bond acceptors (Lipinski definition) is 4. The maximum atomic E-state index is 12.7. The van der Waals surface area contributed by atoms with Crippen LogP contribution in [0.5, 0.6) is 0 Å². The molecule has 27 heavy (non-hydrogen) atoms. The van der Waals surface area contributed by atoms with Crippen LogP contribution in [0.3, 0.4) is 0 Å². The minimum atomic E-state index is -3.56. The van der Waals surface area contributed by atoms with E-state index in [1.54, 1.807) is 30.3 Å². The van der Waals surface area contributed by atoms with E-state index in [1.165, 1.54) is 30.6 Å². The van der Waals surface area contributed by atoms with Gasteiger partial charge in [0.05, 0.1) is 9.77 Å². The monoisotopic (exact) mass is 404 g/mol. The first kappa shape index (κ1) is 18.7. The second-order valence-corrected chi connectivity index (χ2v) is 10.4. The molecule has 0 radical (unpaired) electrons. The van der Waals surface area contributed by atoms with Crippen molar-refractivity contribution in [2.24, 2.45) is 17.8 Å². The van der Waals surface area contributed by atoms with Crippen molar-refractivity contribution in [2.45, 2.75) is 43.5 Å². The third-order valence-electron chi connectivity index (χ3n) is 5.94. The molecule has 2 N–H and O–H groups in total. The standard InChI is InChI=1S/C20H24N2O3S2/c1-13(18-12-14-4-5-15(18)11-14)22-27(24,25)17-8-6-16(7-9-17)21-20(23)19-3-2-10-26-19/h2-3,6-10,13-15,18,22H,4-5,11-12H2,1H3,(H,21,23)/t13-,14+,15+,18-/m0/s1. The van der Waals surface area contributed by atoms with E-state index in [4.69, 9.17) is 0 Å². The fraction of sp³-hybridized carbons (Fsp3) is 0.450. The number of fused-ring (bicyclic) bond motifs is 2. The summed E-state index contributed by atoms with van der Waals surface area (Å²) >= 11 is 1.36. The summed E-state index contributed by atoms with van der Waals surface area (Å²) in [6, 6.07) is 9.85. The molecule has 2 fully saturated rings. The lowest BCUT2D eigenvalue weighted by atomic mass is 9.84. The van der Waals surface area contributed by atoms with Crippen molar-refractivity contribution >= 4 is 33.0 Å². The van der Waals surface area contributed by atoms with Crippen molar-refractivity contribution in [3.8, 4) is 0 Å². The van der Waals surface area contributed by atoms with Crippen LogP contribution in [0.4, 0.5) is 5.69 Å². The Morgan fingerprint density at radius 2 is 1.93 bits per heavy atom. The first-order chi connectivity index (χ1) is 12.9. The molecule has 1 aromatic heterocycles. The lowest BCUT2D eigenvalue weighted by Gasteiger charge is -2.28. The molecule has 2 aliphatic carbocycles. The van der Waals surface area contributed by atoms with Crippen molar-refractivity contribution in [3.05, 3.63) is 46.7 Å². The Balaban J connectivity index is 1.40. The predicted molar refractivity (Wildman–Crippen MR) is 107 cm³/mol. The van der Waals surface area contributed by atoms with E-state index >= 15 is 0 Å². The highest BCUT2D eigenvalue weighted by Crippen LogP contribution is 2.49. The molecule has 1 heterocycles. The number of thiophene rings is 1. The lowest BCUT2D eigenvalue weighted by molar-refractivity contribution is 0.103. The Kier molecular flexibility index (Phi) is 5.09. The number of sulfonamides is 1. The molecule has 144 valence electrons. The van der Waals surface area contributed by atoms with E-state index in [0.29, 0.717) is 22.4 Å². The average Bonchev–Trinajstić information content (AvgIpc) is 3.39. The van der Waals surface area contributed by atoms with Gasteiger partial charge in [-0.1, -0.05) is 12.5 Å². The number of amides is 1. The van der Waals surface area contributed by atoms with Crippen LogP contribution in [0, 0.1) is 17.8 Å². The molecule has 4 atom stereocenters. The second-order valence-electron chi connectivity index (χ2n) is 7.70. The number of anilines is 1. The first-order valence-corrected chi connectivity index (χ1v) is 11.8. The van der Waals surface area contributed by atoms with Crippen LogP contribution in [-0.2, 0) is 10.0 Å². The van der Waals surface area contributed by atoms with E-state index < -0.39 is 10.0 Å². The summed E-state index contributed by atoms with van der Waals surface area (Å²) < 4.78 is 28.3. The molecule has 7 heteroatoms. The van der Waals surface area contributed by atoms with Gasteiger partial charge in [0.2, 0.25) is 10.0 Å². The number of carbonyl (C=O) groups is 1. The van der Waals surface area contributed by atoms with Gasteiger partial charge in [-0.3, -0.25) is 4.79 Å². The third kappa shape index (κ3) is 3.95. The van der Waals surface area contributed by atoms with Gasteiger partial charge in [-0.05, 0) is 79.7 Å². The van der Waals surface area contributed by atoms with E-state index in [1.807, 2.05) is 18.4 Å². The molecule has 2 bridgehead atoms. The quantitative estimate of drug-likeness (QED) is 0.761. The summed E-state index contributed by atoms with van der Waals surface area (Å²) in [7, 11) is -3.56. The Morgan fingerprint density at radius 1 is 1.15 bits per heavy atom. The van der Waals surface area contributed by atoms with Crippen molar-refractivity contribution in [2.75, 3.05) is 5.32 Å². The molecular weight excluding hydrogens is 380 g/mol. The van der Waals surface area contributed by atoms with Gasteiger partial charge in [-0.2, -0.15) is 0 Å². The third-order valence-corrected chi connectivity index (χ3v) is 8.39. The van der Waals surface area contributed by atoms with Crippen LogP contribution < -0.4 is 10.0 Å². The molecule has 2 saturated carbocycles. The van der Waals surface area contributed by atoms with Crippen LogP contribution in [0.25, 0.3) is 0 Å². The van der Waals surface area contributed by atoms with Crippen molar-refractivity contribution in [1.29, 1.82) is 0 Å². The lowest BCUT2D eigenvalue weighted by Crippen LogP contribution is -2.40. The number of benzene rings is 1. The summed E-state index contributed by atoms with van der Waals surface area (Å²) in [4.78, 5) is 12.9. The van der Waals surface area contributed by atoms with E-state index in [0.717, 1.165) is 12.3 Å². The highest BCUT2D eigenvalue weighted by atomic mass is 32.2. The fourth-order valence-electron chi connectivity index (χ4n) is 4.62. The summed E-state index contributed by atoms with van der Waals surface area (Å²) in [6.07, 6.45) is 4.94. The maximum Gasteiger partial charge on any atom is 0.265 e. The molecular formula is C20H24N2O3S2. The maximum absolute atomic E-state index is 12.7. The molecule has 5 nitrogen and oxygen atoms in total. The van der Waals surface area contributed by atoms with Crippen molar-refractivity contribution in [3.63, 3.8) is 0 Å². The molecule has 0 spiro atoms. The number of carbonyl (C=O) groups excluding carboxylic acids is 1. The van der Waals surface area contributed by atoms with E-state index in [-0.39, 0.29) is 16.8 Å². The van der Waals surface area contributed by atoms with Gasteiger partial charge in [-0.25, -0.2) is 13.1 Å². The summed E-state index contributed by atoms with van der Waals surface area (Å²) in [6.45, 7) is 1.98. The Labute approximate surface area is 164 Å². The minimum Gasteiger partial charge on any atom is -0.321 e. The molecule has 0 saturated heterocycles. The van der Waals surface area contributed by atoms with Gasteiger partial charge in [0.15, 0.2) is 0 Å². The zero-order valence-electron chi connectivity index (χ0n) is 15.2. The van der Waals surface area contributed by atoms with Crippen LogP contribution in [-0.4, -0.2) is 20.4 Å². The number of nitrogens with one attached hydrogen (secondary N) is 2. The van der Waals surface area contributed by atoms with Gasteiger partial charge < -0.3 is 5.32 Å². The molecule has 2 aliphatic rings. The first-order valence-electron chi connectivity index (χ1n) is 9.39. The van der Waals surface area contributed by atoms with Crippen LogP contribution in [0.1, 0.15) is 42.3 Å². The largest absolute Gasteiger partial charge is 0.321 e. The van der Waals surface area contributed by atoms with Gasteiger partial charge in [0.1, 0.15) is 0 Å². The molecule has 2 aromatic rings. The van der Waals surface area contributed by atoms with Gasteiger partial charge in [0.25, 0.3) is 5.91 Å². The smallest absolute Gasteiger partial charge is 0.265 e. The molecule has 4 rings (SSSR count). The molecule has 1 aromatic carbocycles. The van der Waals surface area contributed by atoms with E-state index in [9.17, 15) is 13.2 Å². The number of hydrogen-bond donors (Lipinski definition) is 2.